The number of hydrogen-bond donors (Lipinski definition) is 1. The third-order valence-electron chi connectivity index (χ3n) is 4.36. The van der Waals surface area contributed by atoms with Crippen LogP contribution in [-0.4, -0.2) is 40.1 Å². The summed E-state index contributed by atoms with van der Waals surface area (Å²) in [5.41, 5.74) is 1.02. The summed E-state index contributed by atoms with van der Waals surface area (Å²) in [4.78, 5) is 2.32. The van der Waals surface area contributed by atoms with Crippen molar-refractivity contribution in [3.63, 3.8) is 0 Å². The van der Waals surface area contributed by atoms with E-state index in [2.05, 4.69) is 25.6 Å². The minimum atomic E-state index is -3.52. The summed E-state index contributed by atoms with van der Waals surface area (Å²) in [5.74, 6) is 0.789. The molecule has 0 amide bonds. The van der Waals surface area contributed by atoms with Crippen LogP contribution < -0.4 is 9.46 Å². The minimum absolute atomic E-state index is 0.0446. The van der Waals surface area contributed by atoms with Crippen LogP contribution in [-0.2, 0) is 10.0 Å². The summed E-state index contributed by atoms with van der Waals surface area (Å²) in [7, 11) is -1.87. The van der Waals surface area contributed by atoms with E-state index in [1.165, 1.54) is 11.3 Å². The van der Waals surface area contributed by atoms with Gasteiger partial charge in [-0.05, 0) is 60.1 Å². The normalized spacial score (nSPS) is 16.9. The maximum Gasteiger partial charge on any atom is 0.250 e. The van der Waals surface area contributed by atoms with Crippen molar-refractivity contribution in [2.45, 2.75) is 23.1 Å². The Kier molecular flexibility index (Phi) is 6.17. The maximum absolute atomic E-state index is 12.6. The average Bonchev–Trinajstić information content (AvgIpc) is 3.27. The van der Waals surface area contributed by atoms with Crippen LogP contribution in [0.4, 0.5) is 0 Å². The Hall–Kier alpha value is -0.930. The predicted molar refractivity (Wildman–Crippen MR) is 104 cm³/mol. The lowest BCUT2D eigenvalue weighted by molar-refractivity contribution is 0.240. The van der Waals surface area contributed by atoms with Crippen molar-refractivity contribution in [1.82, 2.24) is 9.62 Å². The SMILES string of the molecule is COc1ccccc1C(CNS(=O)(=O)c1ccc(Br)s1)N1CCCC1. The lowest BCUT2D eigenvalue weighted by Crippen LogP contribution is -2.36. The van der Waals surface area contributed by atoms with Crippen molar-refractivity contribution < 1.29 is 13.2 Å². The Morgan fingerprint density at radius 3 is 2.60 bits per heavy atom. The highest BCUT2D eigenvalue weighted by atomic mass is 79.9. The molecule has 1 fully saturated rings. The van der Waals surface area contributed by atoms with Gasteiger partial charge in [0.1, 0.15) is 9.96 Å². The topological polar surface area (TPSA) is 58.6 Å². The molecule has 1 aromatic carbocycles. The number of halogens is 1. The van der Waals surface area contributed by atoms with Crippen LogP contribution in [0.15, 0.2) is 44.4 Å². The van der Waals surface area contributed by atoms with E-state index in [-0.39, 0.29) is 6.04 Å². The first-order chi connectivity index (χ1) is 12.0. The van der Waals surface area contributed by atoms with Crippen LogP contribution >= 0.6 is 27.3 Å². The summed E-state index contributed by atoms with van der Waals surface area (Å²) >= 11 is 4.53. The molecule has 136 valence electrons. The number of nitrogens with zero attached hydrogens (tertiary/aromatic N) is 1. The third kappa shape index (κ3) is 4.43. The van der Waals surface area contributed by atoms with Gasteiger partial charge in [-0.2, -0.15) is 0 Å². The monoisotopic (exact) mass is 444 g/mol. The van der Waals surface area contributed by atoms with E-state index >= 15 is 0 Å². The van der Waals surface area contributed by atoms with Gasteiger partial charge in [0.25, 0.3) is 0 Å². The largest absolute Gasteiger partial charge is 0.496 e. The van der Waals surface area contributed by atoms with Crippen LogP contribution in [0.5, 0.6) is 5.75 Å². The Morgan fingerprint density at radius 2 is 1.96 bits per heavy atom. The number of benzene rings is 1. The molecule has 0 radical (unpaired) electrons. The fourth-order valence-corrected chi connectivity index (χ4v) is 6.23. The molecule has 1 atom stereocenters. The number of methoxy groups -OCH3 is 1. The highest BCUT2D eigenvalue weighted by Crippen LogP contribution is 2.32. The molecule has 1 N–H and O–H groups in total. The van der Waals surface area contributed by atoms with Crippen molar-refractivity contribution in [3.8, 4) is 5.75 Å². The van der Waals surface area contributed by atoms with Crippen LogP contribution in [0.1, 0.15) is 24.4 Å². The zero-order valence-electron chi connectivity index (χ0n) is 13.9. The van der Waals surface area contributed by atoms with Crippen LogP contribution in [0, 0.1) is 0 Å². The average molecular weight is 445 g/mol. The smallest absolute Gasteiger partial charge is 0.250 e. The number of para-hydroxylation sites is 1. The number of rotatable bonds is 7. The highest BCUT2D eigenvalue weighted by Gasteiger charge is 2.28. The molecule has 1 aromatic heterocycles. The molecule has 1 aliphatic rings. The zero-order valence-corrected chi connectivity index (χ0v) is 17.2. The van der Waals surface area contributed by atoms with Gasteiger partial charge in [0.2, 0.25) is 10.0 Å². The molecule has 3 rings (SSSR count). The van der Waals surface area contributed by atoms with Crippen LogP contribution in [0.2, 0.25) is 0 Å². The number of likely N-dealkylation sites (tertiary alicyclic amines) is 1. The number of sulfonamides is 1. The highest BCUT2D eigenvalue weighted by molar-refractivity contribution is 9.11. The predicted octanol–water partition coefficient (Wildman–Crippen LogP) is 3.63. The molecule has 1 aliphatic heterocycles. The van der Waals surface area contributed by atoms with Gasteiger partial charge in [-0.1, -0.05) is 18.2 Å². The van der Waals surface area contributed by atoms with Crippen LogP contribution in [0.3, 0.4) is 0 Å². The molecular weight excluding hydrogens is 424 g/mol. The van der Waals surface area contributed by atoms with E-state index in [0.717, 1.165) is 41.0 Å². The number of thiophene rings is 1. The number of hydrogen-bond acceptors (Lipinski definition) is 5. The molecule has 5 nitrogen and oxygen atoms in total. The molecule has 2 aromatic rings. The summed E-state index contributed by atoms with van der Waals surface area (Å²) in [6.07, 6.45) is 2.27. The van der Waals surface area contributed by atoms with Crippen LogP contribution in [0.25, 0.3) is 0 Å². The molecule has 0 saturated carbocycles. The number of nitrogens with one attached hydrogen (secondary N) is 1. The van der Waals surface area contributed by atoms with Gasteiger partial charge < -0.3 is 4.74 Å². The van der Waals surface area contributed by atoms with E-state index in [9.17, 15) is 8.42 Å². The number of ether oxygens (including phenoxy) is 1. The van der Waals surface area contributed by atoms with Crippen molar-refractivity contribution >= 4 is 37.3 Å². The van der Waals surface area contributed by atoms with Crippen molar-refractivity contribution in [3.05, 3.63) is 45.7 Å². The molecule has 0 aliphatic carbocycles. The van der Waals surface area contributed by atoms with Gasteiger partial charge in [0, 0.05) is 12.1 Å². The Morgan fingerprint density at radius 1 is 1.24 bits per heavy atom. The van der Waals surface area contributed by atoms with Gasteiger partial charge in [0.15, 0.2) is 0 Å². The lowest BCUT2D eigenvalue weighted by atomic mass is 10.0. The second-order valence-corrected chi connectivity index (χ2v) is 10.4. The third-order valence-corrected chi connectivity index (χ3v) is 7.90. The maximum atomic E-state index is 12.6. The Balaban J connectivity index is 1.83. The quantitative estimate of drug-likeness (QED) is 0.707. The van der Waals surface area contributed by atoms with Crippen molar-refractivity contribution in [2.75, 3.05) is 26.7 Å². The second kappa shape index (κ2) is 8.18. The summed E-state index contributed by atoms with van der Waals surface area (Å²) in [6, 6.07) is 11.1. The molecule has 0 bridgehead atoms. The standard InChI is InChI=1S/C17H21BrN2O3S2/c1-23-15-7-3-2-6-13(15)14(20-10-4-5-11-20)12-19-25(21,22)17-9-8-16(18)24-17/h2-3,6-9,14,19H,4-5,10-12H2,1H3. The summed E-state index contributed by atoms with van der Waals surface area (Å²) in [5, 5.41) is 0. The first kappa shape index (κ1) is 18.8. The van der Waals surface area contributed by atoms with Gasteiger partial charge >= 0.3 is 0 Å². The molecule has 1 saturated heterocycles. The van der Waals surface area contributed by atoms with E-state index < -0.39 is 10.0 Å². The fourth-order valence-electron chi connectivity index (χ4n) is 3.13. The van der Waals surface area contributed by atoms with Crippen molar-refractivity contribution in [2.24, 2.45) is 0 Å². The van der Waals surface area contributed by atoms with E-state index in [4.69, 9.17) is 4.74 Å². The zero-order chi connectivity index (χ0) is 17.9. The van der Waals surface area contributed by atoms with Gasteiger partial charge in [0.05, 0.1) is 16.9 Å². The summed E-state index contributed by atoms with van der Waals surface area (Å²) in [6.45, 7) is 2.25. The van der Waals surface area contributed by atoms with Gasteiger partial charge in [-0.25, -0.2) is 13.1 Å². The minimum Gasteiger partial charge on any atom is -0.496 e. The van der Waals surface area contributed by atoms with Gasteiger partial charge in [-0.3, -0.25) is 4.90 Å². The molecule has 2 heterocycles. The lowest BCUT2D eigenvalue weighted by Gasteiger charge is -2.29. The van der Waals surface area contributed by atoms with Gasteiger partial charge in [-0.15, -0.1) is 11.3 Å². The second-order valence-electron chi connectivity index (χ2n) is 5.91. The first-order valence-electron chi connectivity index (χ1n) is 8.13. The molecule has 8 heteroatoms. The molecular formula is C17H21BrN2O3S2. The molecule has 0 spiro atoms. The first-order valence-corrected chi connectivity index (χ1v) is 11.2. The van der Waals surface area contributed by atoms with E-state index in [1.807, 2.05) is 24.3 Å². The summed E-state index contributed by atoms with van der Waals surface area (Å²) < 4.78 is 34.6. The van der Waals surface area contributed by atoms with E-state index in [0.29, 0.717) is 10.8 Å². The molecule has 1 unspecified atom stereocenters. The van der Waals surface area contributed by atoms with E-state index in [1.54, 1.807) is 19.2 Å². The fraction of sp³-hybridized carbons (Fsp3) is 0.412. The molecule has 25 heavy (non-hydrogen) atoms. The Labute approximate surface area is 161 Å². The van der Waals surface area contributed by atoms with Crippen molar-refractivity contribution in [1.29, 1.82) is 0 Å². The Bertz CT molecular complexity index is 817.